The van der Waals surface area contributed by atoms with Gasteiger partial charge in [0, 0.05) is 18.6 Å². The van der Waals surface area contributed by atoms with E-state index in [0.717, 1.165) is 36.1 Å². The van der Waals surface area contributed by atoms with Gasteiger partial charge in [-0.2, -0.15) is 5.10 Å². The van der Waals surface area contributed by atoms with Crippen LogP contribution in [0.2, 0.25) is 0 Å². The highest BCUT2D eigenvalue weighted by molar-refractivity contribution is 5.77. The number of aromatic nitrogens is 2. The van der Waals surface area contributed by atoms with Crippen LogP contribution in [-0.4, -0.2) is 16.3 Å². The maximum atomic E-state index is 5.87. The first-order valence-corrected chi connectivity index (χ1v) is 7.42. The van der Waals surface area contributed by atoms with E-state index in [0.29, 0.717) is 0 Å². The fourth-order valence-corrected chi connectivity index (χ4v) is 2.53. The number of nitrogens with zero attached hydrogens (tertiary/aromatic N) is 2. The van der Waals surface area contributed by atoms with Crippen LogP contribution in [0.25, 0.3) is 11.0 Å². The minimum absolute atomic E-state index is 0.228. The smallest absolute Gasteiger partial charge is 0.134 e. The highest BCUT2D eigenvalue weighted by Gasteiger charge is 2.10. The molecule has 21 heavy (non-hydrogen) atoms. The molecule has 1 atom stereocenters. The van der Waals surface area contributed by atoms with Crippen LogP contribution in [0.15, 0.2) is 47.1 Å². The van der Waals surface area contributed by atoms with Crippen molar-refractivity contribution in [3.63, 3.8) is 0 Å². The fourth-order valence-electron chi connectivity index (χ4n) is 2.53. The fraction of sp³-hybridized carbons (Fsp3) is 0.353. The Morgan fingerprint density at radius 3 is 2.95 bits per heavy atom. The molecule has 110 valence electrons. The second-order valence-electron chi connectivity index (χ2n) is 5.49. The van der Waals surface area contributed by atoms with Crippen LogP contribution in [-0.2, 0) is 13.5 Å². The molecule has 4 nitrogen and oxygen atoms in total. The minimum Gasteiger partial charge on any atom is -0.459 e. The number of furan rings is 1. The van der Waals surface area contributed by atoms with E-state index in [1.165, 1.54) is 5.56 Å². The van der Waals surface area contributed by atoms with Gasteiger partial charge < -0.3 is 9.73 Å². The summed E-state index contributed by atoms with van der Waals surface area (Å²) < 4.78 is 7.72. The summed E-state index contributed by atoms with van der Waals surface area (Å²) in [6, 6.07) is 10.5. The number of nitrogens with one attached hydrogen (secondary N) is 1. The Morgan fingerprint density at radius 2 is 2.19 bits per heavy atom. The van der Waals surface area contributed by atoms with Crippen LogP contribution in [0, 0.1) is 0 Å². The number of hydrogen-bond acceptors (Lipinski definition) is 3. The number of rotatable bonds is 6. The number of fused-ring (bicyclic) bond motifs is 1. The molecule has 0 radical (unpaired) electrons. The number of hydrogen-bond donors (Lipinski definition) is 1. The van der Waals surface area contributed by atoms with Crippen molar-refractivity contribution in [3.05, 3.63) is 54.0 Å². The summed E-state index contributed by atoms with van der Waals surface area (Å²) in [7, 11) is 1.95. The molecule has 0 spiro atoms. The van der Waals surface area contributed by atoms with Crippen molar-refractivity contribution in [1.29, 1.82) is 0 Å². The second-order valence-corrected chi connectivity index (χ2v) is 5.49. The summed E-state index contributed by atoms with van der Waals surface area (Å²) in [6.07, 6.45) is 6.15. The van der Waals surface area contributed by atoms with Gasteiger partial charge in [0.25, 0.3) is 0 Å². The monoisotopic (exact) mass is 283 g/mol. The Kier molecular flexibility index (Phi) is 4.06. The van der Waals surface area contributed by atoms with Gasteiger partial charge >= 0.3 is 0 Å². The van der Waals surface area contributed by atoms with Crippen molar-refractivity contribution in [2.24, 2.45) is 7.05 Å². The molecule has 2 aromatic heterocycles. The molecule has 0 aliphatic heterocycles. The van der Waals surface area contributed by atoms with Crippen molar-refractivity contribution in [1.82, 2.24) is 15.1 Å². The third kappa shape index (κ3) is 3.34. The van der Waals surface area contributed by atoms with Crippen LogP contribution in [0.4, 0.5) is 0 Å². The molecule has 4 heteroatoms. The van der Waals surface area contributed by atoms with Crippen molar-refractivity contribution in [2.75, 3.05) is 6.54 Å². The molecule has 0 aliphatic rings. The second kappa shape index (κ2) is 6.14. The van der Waals surface area contributed by atoms with Crippen LogP contribution < -0.4 is 5.32 Å². The first-order chi connectivity index (χ1) is 10.2. The van der Waals surface area contributed by atoms with Crippen molar-refractivity contribution in [2.45, 2.75) is 25.8 Å². The highest BCUT2D eigenvalue weighted by Crippen LogP contribution is 2.23. The van der Waals surface area contributed by atoms with Crippen LogP contribution >= 0.6 is 0 Å². The van der Waals surface area contributed by atoms with E-state index in [9.17, 15) is 0 Å². The highest BCUT2D eigenvalue weighted by atomic mass is 16.3. The number of benzene rings is 1. The van der Waals surface area contributed by atoms with Crippen molar-refractivity contribution in [3.8, 4) is 0 Å². The van der Waals surface area contributed by atoms with E-state index >= 15 is 0 Å². The molecule has 0 aliphatic carbocycles. The maximum Gasteiger partial charge on any atom is 0.134 e. The van der Waals surface area contributed by atoms with E-state index in [2.05, 4.69) is 35.7 Å². The average Bonchev–Trinajstić information content (AvgIpc) is 3.09. The van der Waals surface area contributed by atoms with E-state index in [4.69, 9.17) is 4.42 Å². The normalized spacial score (nSPS) is 12.9. The Morgan fingerprint density at radius 1 is 1.33 bits per heavy atom. The maximum absolute atomic E-state index is 5.87. The zero-order valence-electron chi connectivity index (χ0n) is 12.5. The van der Waals surface area contributed by atoms with Gasteiger partial charge in [0.2, 0.25) is 0 Å². The lowest BCUT2D eigenvalue weighted by Crippen LogP contribution is -2.19. The van der Waals surface area contributed by atoms with Crippen LogP contribution in [0.3, 0.4) is 0 Å². The van der Waals surface area contributed by atoms with E-state index in [1.54, 1.807) is 0 Å². The Labute approximate surface area is 124 Å². The predicted molar refractivity (Wildman–Crippen MR) is 84.2 cm³/mol. The molecule has 2 heterocycles. The van der Waals surface area contributed by atoms with Gasteiger partial charge in [0.05, 0.1) is 12.2 Å². The SMILES string of the molecule is C[C@@H](NCCCc1cnn(C)c1)c1cc2ccccc2o1. The van der Waals surface area contributed by atoms with Gasteiger partial charge in [-0.25, -0.2) is 0 Å². The average molecular weight is 283 g/mol. The summed E-state index contributed by atoms with van der Waals surface area (Å²) in [6.45, 7) is 3.11. The summed E-state index contributed by atoms with van der Waals surface area (Å²) >= 11 is 0. The van der Waals surface area contributed by atoms with Crippen molar-refractivity contribution < 1.29 is 4.42 Å². The molecule has 0 bridgehead atoms. The van der Waals surface area contributed by atoms with E-state index < -0.39 is 0 Å². The molecule has 0 saturated heterocycles. The molecule has 0 saturated carbocycles. The summed E-state index contributed by atoms with van der Waals surface area (Å²) in [4.78, 5) is 0. The Bertz CT molecular complexity index is 680. The molecule has 3 aromatic rings. The van der Waals surface area contributed by atoms with Crippen molar-refractivity contribution >= 4 is 11.0 Å². The molecule has 0 fully saturated rings. The number of aryl methyl sites for hydroxylation is 2. The molecule has 0 unspecified atom stereocenters. The van der Waals surface area contributed by atoms with Crippen LogP contribution in [0.1, 0.15) is 30.7 Å². The quantitative estimate of drug-likeness (QED) is 0.705. The number of para-hydroxylation sites is 1. The van der Waals surface area contributed by atoms with Gasteiger partial charge in [-0.3, -0.25) is 4.68 Å². The molecule has 0 amide bonds. The molecule has 1 aromatic carbocycles. The topological polar surface area (TPSA) is 43.0 Å². The zero-order valence-corrected chi connectivity index (χ0v) is 12.5. The Hall–Kier alpha value is -2.07. The zero-order chi connectivity index (χ0) is 14.7. The van der Waals surface area contributed by atoms with Gasteiger partial charge in [0.15, 0.2) is 0 Å². The van der Waals surface area contributed by atoms with Gasteiger partial charge in [-0.1, -0.05) is 18.2 Å². The van der Waals surface area contributed by atoms with Gasteiger partial charge in [-0.15, -0.1) is 0 Å². The first-order valence-electron chi connectivity index (χ1n) is 7.42. The van der Waals surface area contributed by atoms with Crippen LogP contribution in [0.5, 0.6) is 0 Å². The standard InChI is InChI=1S/C17H21N3O/c1-13(17-10-15-7-3-4-8-16(15)21-17)18-9-5-6-14-11-19-20(2)12-14/h3-4,7-8,10-13,18H,5-6,9H2,1-2H3/t13-/m1/s1. The molecular formula is C17H21N3O. The third-order valence-corrected chi connectivity index (χ3v) is 3.72. The largest absolute Gasteiger partial charge is 0.459 e. The molecule has 1 N–H and O–H groups in total. The predicted octanol–water partition coefficient (Wildman–Crippen LogP) is 3.45. The summed E-state index contributed by atoms with van der Waals surface area (Å²) in [5.74, 6) is 0.998. The first kappa shape index (κ1) is 13.9. The van der Waals surface area contributed by atoms with Gasteiger partial charge in [0.1, 0.15) is 11.3 Å². The molecular weight excluding hydrogens is 262 g/mol. The summed E-state index contributed by atoms with van der Waals surface area (Å²) in [5.41, 5.74) is 2.24. The lowest BCUT2D eigenvalue weighted by Gasteiger charge is -2.10. The Balaban J connectivity index is 1.50. The van der Waals surface area contributed by atoms with E-state index in [1.807, 2.05) is 36.1 Å². The van der Waals surface area contributed by atoms with E-state index in [-0.39, 0.29) is 6.04 Å². The lowest BCUT2D eigenvalue weighted by molar-refractivity contribution is 0.449. The van der Waals surface area contributed by atoms with Gasteiger partial charge in [-0.05, 0) is 44.0 Å². The molecule has 3 rings (SSSR count). The minimum atomic E-state index is 0.228. The summed E-state index contributed by atoms with van der Waals surface area (Å²) in [5, 5.41) is 8.86. The third-order valence-electron chi connectivity index (χ3n) is 3.72. The lowest BCUT2D eigenvalue weighted by atomic mass is 10.2.